The minimum absolute atomic E-state index is 0.00558. The molecule has 1 aromatic heterocycles. The van der Waals surface area contributed by atoms with Crippen molar-refractivity contribution in [1.82, 2.24) is 15.3 Å². The maximum atomic E-state index is 13.7. The van der Waals surface area contributed by atoms with Crippen LogP contribution in [0.2, 0.25) is 0 Å². The molecule has 1 unspecified atom stereocenters. The summed E-state index contributed by atoms with van der Waals surface area (Å²) in [5.41, 5.74) is 0.373. The molecule has 1 atom stereocenters. The summed E-state index contributed by atoms with van der Waals surface area (Å²) in [6.45, 7) is 4.35. The highest BCUT2D eigenvalue weighted by atomic mass is 19.1. The number of aryl methyl sites for hydroxylation is 1. The van der Waals surface area contributed by atoms with Crippen LogP contribution in [0.25, 0.3) is 0 Å². The Morgan fingerprint density at radius 3 is 3.18 bits per heavy atom. The number of morpholine rings is 1. The zero-order chi connectivity index (χ0) is 12.1. The van der Waals surface area contributed by atoms with E-state index in [0.717, 1.165) is 6.54 Å². The second-order valence-corrected chi connectivity index (χ2v) is 3.80. The molecule has 6 heteroatoms. The average Bonchev–Trinajstić information content (AvgIpc) is 2.39. The molecule has 0 aliphatic carbocycles. The van der Waals surface area contributed by atoms with Gasteiger partial charge in [-0.25, -0.2) is 4.98 Å². The van der Waals surface area contributed by atoms with Gasteiger partial charge in [-0.05, 0) is 6.42 Å². The summed E-state index contributed by atoms with van der Waals surface area (Å²) in [4.78, 5) is 7.63. The minimum atomic E-state index is -0.473. The third-order valence-electron chi connectivity index (χ3n) is 2.57. The molecule has 0 amide bonds. The molecule has 94 valence electrons. The molecule has 1 aromatic rings. The van der Waals surface area contributed by atoms with Crippen LogP contribution >= 0.6 is 0 Å². The number of hydrogen-bond acceptors (Lipinski definition) is 5. The molecule has 1 saturated heterocycles. The Kier molecular flexibility index (Phi) is 4.22. The van der Waals surface area contributed by atoms with Crippen molar-refractivity contribution < 1.29 is 13.9 Å². The molecular formula is C11H16FN3O2. The van der Waals surface area contributed by atoms with Crippen molar-refractivity contribution in [2.45, 2.75) is 19.4 Å². The highest BCUT2D eigenvalue weighted by molar-refractivity contribution is 5.17. The van der Waals surface area contributed by atoms with Gasteiger partial charge in [0.2, 0.25) is 5.82 Å². The molecule has 5 nitrogen and oxygen atoms in total. The summed E-state index contributed by atoms with van der Waals surface area (Å²) in [6, 6.07) is 0. The predicted molar refractivity (Wildman–Crippen MR) is 59.5 cm³/mol. The summed E-state index contributed by atoms with van der Waals surface area (Å²) in [7, 11) is 0. The summed E-state index contributed by atoms with van der Waals surface area (Å²) in [5.74, 6) is -0.468. The van der Waals surface area contributed by atoms with Gasteiger partial charge in [0.1, 0.15) is 19.0 Å². The summed E-state index contributed by atoms with van der Waals surface area (Å²) in [5, 5.41) is 3.18. The van der Waals surface area contributed by atoms with E-state index >= 15 is 0 Å². The maximum Gasteiger partial charge on any atom is 0.253 e. The number of rotatable bonds is 4. The first-order valence-corrected chi connectivity index (χ1v) is 5.75. The van der Waals surface area contributed by atoms with E-state index in [2.05, 4.69) is 15.3 Å². The molecule has 0 bridgehead atoms. The van der Waals surface area contributed by atoms with Crippen LogP contribution < -0.4 is 10.1 Å². The lowest BCUT2D eigenvalue weighted by Gasteiger charge is -2.23. The summed E-state index contributed by atoms with van der Waals surface area (Å²) < 4.78 is 24.5. The Balaban J connectivity index is 1.93. The molecule has 1 fully saturated rings. The zero-order valence-corrected chi connectivity index (χ0v) is 9.78. The molecule has 2 heterocycles. The lowest BCUT2D eigenvalue weighted by atomic mass is 10.3. The van der Waals surface area contributed by atoms with Crippen LogP contribution in [0.1, 0.15) is 12.6 Å². The Morgan fingerprint density at radius 1 is 1.59 bits per heavy atom. The first-order valence-electron chi connectivity index (χ1n) is 5.75. The molecule has 1 aliphatic rings. The minimum Gasteiger partial charge on any atom is -0.473 e. The SMILES string of the molecule is CCc1ncnc(OCC2CNCCO2)c1F. The largest absolute Gasteiger partial charge is 0.473 e. The fourth-order valence-electron chi connectivity index (χ4n) is 1.63. The van der Waals surface area contributed by atoms with E-state index in [9.17, 15) is 4.39 Å². The van der Waals surface area contributed by atoms with Crippen LogP contribution in [0, 0.1) is 5.82 Å². The number of ether oxygens (including phenoxy) is 2. The van der Waals surface area contributed by atoms with Gasteiger partial charge < -0.3 is 14.8 Å². The third-order valence-corrected chi connectivity index (χ3v) is 2.57. The van der Waals surface area contributed by atoms with Crippen LogP contribution in [-0.4, -0.2) is 42.4 Å². The standard InChI is InChI=1S/C11H16FN3O2/c1-2-9-10(12)11(15-7-14-9)17-6-8-5-13-3-4-16-8/h7-8,13H,2-6H2,1H3. The first kappa shape index (κ1) is 12.2. The Hall–Kier alpha value is -1.27. The van der Waals surface area contributed by atoms with Crippen molar-refractivity contribution in [1.29, 1.82) is 0 Å². The van der Waals surface area contributed by atoms with Gasteiger partial charge in [0.05, 0.1) is 12.3 Å². The highest BCUT2D eigenvalue weighted by Crippen LogP contribution is 2.16. The van der Waals surface area contributed by atoms with E-state index in [1.165, 1.54) is 6.33 Å². The quantitative estimate of drug-likeness (QED) is 0.834. The van der Waals surface area contributed by atoms with Crippen LogP contribution in [0.3, 0.4) is 0 Å². The number of halogens is 1. The zero-order valence-electron chi connectivity index (χ0n) is 9.78. The van der Waals surface area contributed by atoms with E-state index in [4.69, 9.17) is 9.47 Å². The molecule has 0 radical (unpaired) electrons. The molecule has 1 aliphatic heterocycles. The van der Waals surface area contributed by atoms with Gasteiger partial charge in [-0.15, -0.1) is 0 Å². The van der Waals surface area contributed by atoms with Crippen molar-refractivity contribution in [3.63, 3.8) is 0 Å². The predicted octanol–water partition coefficient (Wildman–Crippen LogP) is 0.545. The average molecular weight is 241 g/mol. The van der Waals surface area contributed by atoms with Gasteiger partial charge in [-0.2, -0.15) is 9.37 Å². The normalized spacial score (nSPS) is 20.2. The molecule has 0 spiro atoms. The van der Waals surface area contributed by atoms with E-state index in [-0.39, 0.29) is 12.0 Å². The fourth-order valence-corrected chi connectivity index (χ4v) is 1.63. The number of hydrogen-bond donors (Lipinski definition) is 1. The fraction of sp³-hybridized carbons (Fsp3) is 0.636. The monoisotopic (exact) mass is 241 g/mol. The smallest absolute Gasteiger partial charge is 0.253 e. The molecule has 0 aromatic carbocycles. The van der Waals surface area contributed by atoms with Crippen LogP contribution in [-0.2, 0) is 11.2 Å². The van der Waals surface area contributed by atoms with Crippen molar-refractivity contribution >= 4 is 0 Å². The number of nitrogens with zero attached hydrogens (tertiary/aromatic N) is 2. The number of aromatic nitrogens is 2. The van der Waals surface area contributed by atoms with Gasteiger partial charge in [0.25, 0.3) is 5.88 Å². The lowest BCUT2D eigenvalue weighted by molar-refractivity contribution is -0.00165. The number of nitrogens with one attached hydrogen (secondary N) is 1. The Morgan fingerprint density at radius 2 is 2.47 bits per heavy atom. The van der Waals surface area contributed by atoms with Gasteiger partial charge in [0.15, 0.2) is 0 Å². The molecule has 1 N–H and O–H groups in total. The van der Waals surface area contributed by atoms with Crippen molar-refractivity contribution in [2.75, 3.05) is 26.3 Å². The molecule has 17 heavy (non-hydrogen) atoms. The van der Waals surface area contributed by atoms with Crippen LogP contribution in [0.15, 0.2) is 6.33 Å². The van der Waals surface area contributed by atoms with Crippen molar-refractivity contribution in [3.05, 3.63) is 17.8 Å². The summed E-state index contributed by atoms with van der Waals surface area (Å²) >= 11 is 0. The Labute approximate surface area is 99.4 Å². The van der Waals surface area contributed by atoms with Crippen LogP contribution in [0.4, 0.5) is 4.39 Å². The van der Waals surface area contributed by atoms with E-state index in [1.807, 2.05) is 6.92 Å². The lowest BCUT2D eigenvalue weighted by Crippen LogP contribution is -2.41. The van der Waals surface area contributed by atoms with Gasteiger partial charge in [0, 0.05) is 13.1 Å². The molecular weight excluding hydrogens is 225 g/mol. The summed E-state index contributed by atoms with van der Waals surface area (Å²) in [6.07, 6.45) is 1.78. The van der Waals surface area contributed by atoms with Crippen molar-refractivity contribution in [2.24, 2.45) is 0 Å². The Bertz CT molecular complexity index is 370. The van der Waals surface area contributed by atoms with E-state index in [0.29, 0.717) is 31.9 Å². The van der Waals surface area contributed by atoms with E-state index < -0.39 is 5.82 Å². The van der Waals surface area contributed by atoms with Gasteiger partial charge in [-0.3, -0.25) is 0 Å². The van der Waals surface area contributed by atoms with Crippen LogP contribution in [0.5, 0.6) is 5.88 Å². The third kappa shape index (κ3) is 3.10. The topological polar surface area (TPSA) is 56.3 Å². The highest BCUT2D eigenvalue weighted by Gasteiger charge is 2.16. The van der Waals surface area contributed by atoms with Gasteiger partial charge >= 0.3 is 0 Å². The maximum absolute atomic E-state index is 13.7. The molecule has 2 rings (SSSR count). The van der Waals surface area contributed by atoms with Gasteiger partial charge in [-0.1, -0.05) is 6.92 Å². The first-order chi connectivity index (χ1) is 8.31. The van der Waals surface area contributed by atoms with Crippen molar-refractivity contribution in [3.8, 4) is 5.88 Å². The second-order valence-electron chi connectivity index (χ2n) is 3.80. The second kappa shape index (κ2) is 5.88. The van der Waals surface area contributed by atoms with E-state index in [1.54, 1.807) is 0 Å². The molecule has 0 saturated carbocycles.